The van der Waals surface area contributed by atoms with Crippen LogP contribution in [0.4, 0.5) is 0 Å². The van der Waals surface area contributed by atoms with Gasteiger partial charge in [0.25, 0.3) is 0 Å². The quantitative estimate of drug-likeness (QED) is 0.136. The zero-order valence-electron chi connectivity index (χ0n) is 28.2. The average molecular weight is 662 g/mol. The van der Waals surface area contributed by atoms with Gasteiger partial charge in [0.05, 0.1) is 0 Å². The summed E-state index contributed by atoms with van der Waals surface area (Å²) >= 11 is 0. The second-order valence-electron chi connectivity index (χ2n) is 13.1. The van der Waals surface area contributed by atoms with Gasteiger partial charge in [0.2, 0.25) is 0 Å². The Balaban J connectivity index is 1.28. The molecule has 10 aromatic rings. The highest BCUT2D eigenvalue weighted by molar-refractivity contribution is 6.21. The second kappa shape index (κ2) is 12.4. The zero-order chi connectivity index (χ0) is 34.4. The van der Waals surface area contributed by atoms with Gasteiger partial charge in [0.15, 0.2) is 17.5 Å². The van der Waals surface area contributed by atoms with E-state index in [2.05, 4.69) is 182 Å². The summed E-state index contributed by atoms with van der Waals surface area (Å²) in [5.41, 5.74) is 7.32. The van der Waals surface area contributed by atoms with Crippen molar-refractivity contribution in [2.45, 2.75) is 0 Å². The Hall–Kier alpha value is -6.97. The van der Waals surface area contributed by atoms with Crippen LogP contribution in [0.1, 0.15) is 0 Å². The van der Waals surface area contributed by atoms with Crippen molar-refractivity contribution in [3.05, 3.63) is 188 Å². The van der Waals surface area contributed by atoms with E-state index in [1.165, 1.54) is 37.9 Å². The van der Waals surface area contributed by atoms with E-state index in [1.54, 1.807) is 0 Å². The molecule has 1 heterocycles. The van der Waals surface area contributed by atoms with E-state index >= 15 is 0 Å². The molecule has 0 spiro atoms. The molecule has 0 bridgehead atoms. The first-order valence-corrected chi connectivity index (χ1v) is 17.6. The van der Waals surface area contributed by atoms with Crippen LogP contribution < -0.4 is 0 Å². The van der Waals surface area contributed by atoms with Gasteiger partial charge in [-0.15, -0.1) is 0 Å². The number of aromatic nitrogens is 3. The number of benzene rings is 9. The third-order valence-corrected chi connectivity index (χ3v) is 10.1. The van der Waals surface area contributed by atoms with Crippen LogP contribution in [0, 0.1) is 0 Å². The molecular formula is C49H31N3. The van der Waals surface area contributed by atoms with Gasteiger partial charge < -0.3 is 0 Å². The van der Waals surface area contributed by atoms with Crippen LogP contribution in [0.25, 0.3) is 99.5 Å². The molecule has 0 aliphatic rings. The molecule has 242 valence electrons. The minimum atomic E-state index is 0.633. The summed E-state index contributed by atoms with van der Waals surface area (Å²) in [4.78, 5) is 15.9. The molecule has 52 heavy (non-hydrogen) atoms. The second-order valence-corrected chi connectivity index (χ2v) is 13.1. The van der Waals surface area contributed by atoms with Crippen molar-refractivity contribution < 1.29 is 0 Å². The van der Waals surface area contributed by atoms with Gasteiger partial charge in [0, 0.05) is 16.7 Å². The van der Waals surface area contributed by atoms with E-state index in [-0.39, 0.29) is 0 Å². The smallest absolute Gasteiger partial charge is 0.164 e. The molecule has 3 heteroatoms. The molecule has 0 radical (unpaired) electrons. The van der Waals surface area contributed by atoms with Crippen LogP contribution in [0.3, 0.4) is 0 Å². The predicted octanol–water partition coefficient (Wildman–Crippen LogP) is 12.8. The SMILES string of the molecule is c1ccc(-c2ccccc2-c2nc(-c3ccccc3-c3c4ccccc4cc4c3ccc3ccccc34)nc(-c3cccc4ccccc34)n2)cc1. The largest absolute Gasteiger partial charge is 0.208 e. The van der Waals surface area contributed by atoms with Crippen LogP contribution >= 0.6 is 0 Å². The molecule has 0 atom stereocenters. The summed E-state index contributed by atoms with van der Waals surface area (Å²) < 4.78 is 0. The average Bonchev–Trinajstić information content (AvgIpc) is 3.22. The highest BCUT2D eigenvalue weighted by Crippen LogP contribution is 2.43. The van der Waals surface area contributed by atoms with Crippen LogP contribution in [-0.2, 0) is 0 Å². The van der Waals surface area contributed by atoms with Crippen molar-refractivity contribution in [3.63, 3.8) is 0 Å². The van der Waals surface area contributed by atoms with E-state index in [0.29, 0.717) is 17.5 Å². The normalized spacial score (nSPS) is 11.5. The summed E-state index contributed by atoms with van der Waals surface area (Å²) in [5.74, 6) is 1.91. The highest BCUT2D eigenvalue weighted by atomic mass is 15.0. The minimum absolute atomic E-state index is 0.633. The van der Waals surface area contributed by atoms with Crippen LogP contribution in [-0.4, -0.2) is 15.0 Å². The van der Waals surface area contributed by atoms with Gasteiger partial charge in [0.1, 0.15) is 0 Å². The number of hydrogen-bond acceptors (Lipinski definition) is 3. The summed E-state index contributed by atoms with van der Waals surface area (Å²) in [5, 5.41) is 9.52. The van der Waals surface area contributed by atoms with Crippen LogP contribution in [0.15, 0.2) is 188 Å². The molecule has 3 nitrogen and oxygen atoms in total. The molecule has 0 aliphatic heterocycles. The van der Waals surface area contributed by atoms with E-state index in [1.807, 2.05) is 6.07 Å². The van der Waals surface area contributed by atoms with Crippen LogP contribution in [0.2, 0.25) is 0 Å². The lowest BCUT2D eigenvalue weighted by atomic mass is 9.88. The molecule has 0 amide bonds. The van der Waals surface area contributed by atoms with Crippen molar-refractivity contribution in [2.75, 3.05) is 0 Å². The maximum absolute atomic E-state index is 5.34. The van der Waals surface area contributed by atoms with Gasteiger partial charge in [-0.1, -0.05) is 182 Å². The third kappa shape index (κ3) is 5.02. The number of fused-ring (bicyclic) bond motifs is 5. The summed E-state index contributed by atoms with van der Waals surface area (Å²) in [6.07, 6.45) is 0. The lowest BCUT2D eigenvalue weighted by Crippen LogP contribution is -2.02. The van der Waals surface area contributed by atoms with Gasteiger partial charge in [-0.3, -0.25) is 0 Å². The summed E-state index contributed by atoms with van der Waals surface area (Å²) in [7, 11) is 0. The first-order valence-electron chi connectivity index (χ1n) is 17.6. The zero-order valence-corrected chi connectivity index (χ0v) is 28.2. The van der Waals surface area contributed by atoms with Gasteiger partial charge in [-0.25, -0.2) is 15.0 Å². The molecule has 0 aliphatic carbocycles. The fourth-order valence-corrected chi connectivity index (χ4v) is 7.71. The molecule has 0 saturated heterocycles. The number of hydrogen-bond donors (Lipinski definition) is 0. The number of nitrogens with zero attached hydrogens (tertiary/aromatic N) is 3. The first kappa shape index (κ1) is 29.9. The lowest BCUT2D eigenvalue weighted by Gasteiger charge is -2.17. The monoisotopic (exact) mass is 661 g/mol. The van der Waals surface area contributed by atoms with E-state index in [0.717, 1.165) is 44.2 Å². The fraction of sp³-hybridized carbons (Fsp3) is 0. The van der Waals surface area contributed by atoms with Crippen molar-refractivity contribution in [1.29, 1.82) is 0 Å². The Labute approximate surface area is 301 Å². The molecule has 0 fully saturated rings. The van der Waals surface area contributed by atoms with E-state index < -0.39 is 0 Å². The van der Waals surface area contributed by atoms with Gasteiger partial charge >= 0.3 is 0 Å². The standard InChI is InChI=1S/C49H31N3/c1-2-15-32(16-3-1)36-22-10-12-26-42(36)47-50-48(43-28-14-20-33-17-4-7-21-37(33)43)52-49(51-47)44-27-13-11-25-40(44)46-39-24-9-6-19-35(39)31-45-38-23-8-5-18-34(38)29-30-41(45)46/h1-31H. The molecule has 0 N–H and O–H groups in total. The Morgan fingerprint density at radius 3 is 1.46 bits per heavy atom. The number of rotatable bonds is 5. The van der Waals surface area contributed by atoms with Gasteiger partial charge in [-0.05, 0) is 71.4 Å². The molecular weight excluding hydrogens is 631 g/mol. The van der Waals surface area contributed by atoms with Gasteiger partial charge in [-0.2, -0.15) is 0 Å². The van der Waals surface area contributed by atoms with E-state index in [4.69, 9.17) is 15.0 Å². The lowest BCUT2D eigenvalue weighted by molar-refractivity contribution is 1.08. The van der Waals surface area contributed by atoms with E-state index in [9.17, 15) is 0 Å². The van der Waals surface area contributed by atoms with Crippen LogP contribution in [0.5, 0.6) is 0 Å². The fourth-order valence-electron chi connectivity index (χ4n) is 7.71. The van der Waals surface area contributed by atoms with Crippen molar-refractivity contribution in [1.82, 2.24) is 15.0 Å². The molecule has 0 unspecified atom stereocenters. The Kier molecular flexibility index (Phi) is 7.14. The Morgan fingerprint density at radius 1 is 0.250 bits per heavy atom. The summed E-state index contributed by atoms with van der Waals surface area (Å²) in [6.45, 7) is 0. The van der Waals surface area contributed by atoms with Crippen molar-refractivity contribution >= 4 is 43.1 Å². The molecule has 1 aromatic heterocycles. The molecule has 0 saturated carbocycles. The molecule has 9 aromatic carbocycles. The molecule has 10 rings (SSSR count). The topological polar surface area (TPSA) is 38.7 Å². The first-order chi connectivity index (χ1) is 25.8. The maximum atomic E-state index is 5.34. The Bertz CT molecular complexity index is 2960. The predicted molar refractivity (Wildman–Crippen MR) is 217 cm³/mol. The van der Waals surface area contributed by atoms with Crippen molar-refractivity contribution in [2.24, 2.45) is 0 Å². The minimum Gasteiger partial charge on any atom is -0.208 e. The maximum Gasteiger partial charge on any atom is 0.164 e. The highest BCUT2D eigenvalue weighted by Gasteiger charge is 2.21. The van der Waals surface area contributed by atoms with Crippen molar-refractivity contribution in [3.8, 4) is 56.4 Å². The Morgan fingerprint density at radius 2 is 0.731 bits per heavy atom. The summed E-state index contributed by atoms with van der Waals surface area (Å²) in [6, 6.07) is 66.3. The third-order valence-electron chi connectivity index (χ3n) is 10.1.